The van der Waals surface area contributed by atoms with Crippen molar-refractivity contribution in [2.75, 3.05) is 0 Å². The highest BCUT2D eigenvalue weighted by Gasteiger charge is 2.16. The lowest BCUT2D eigenvalue weighted by Gasteiger charge is -2.10. The minimum atomic E-state index is -1.43. The molecule has 0 spiro atoms. The number of hydrogen-bond acceptors (Lipinski definition) is 2. The van der Waals surface area contributed by atoms with Crippen LogP contribution in [0.1, 0.15) is 0 Å². The van der Waals surface area contributed by atoms with Gasteiger partial charge in [0.05, 0.1) is 0 Å². The van der Waals surface area contributed by atoms with Gasteiger partial charge in [-0.2, -0.15) is 0 Å². The van der Waals surface area contributed by atoms with Crippen LogP contribution in [-0.4, -0.2) is 27.1 Å². The Hall–Kier alpha value is -6.18. The number of nitrogens with one attached hydrogen (secondary N) is 2. The predicted octanol–water partition coefficient (Wildman–Crippen LogP) is 11.8. The second-order valence-corrected chi connectivity index (χ2v) is 13.9. The number of rotatable bonds is 4. The molecule has 54 heavy (non-hydrogen) atoms. The first-order valence-electron chi connectivity index (χ1n) is 17.9. The molecule has 0 radical (unpaired) electrons. The van der Waals surface area contributed by atoms with Gasteiger partial charge in [0.25, 0.3) is 0 Å². The molecule has 0 aliphatic heterocycles. The normalized spacial score (nSPS) is 10.9. The Morgan fingerprint density at radius 3 is 1.37 bits per heavy atom. The van der Waals surface area contributed by atoms with E-state index in [2.05, 4.69) is 159 Å². The summed E-state index contributed by atoms with van der Waals surface area (Å²) in [4.78, 5) is 6.89. The fourth-order valence-corrected chi connectivity index (χ4v) is 7.40. The van der Waals surface area contributed by atoms with E-state index in [9.17, 15) is 10.0 Å². The summed E-state index contributed by atoms with van der Waals surface area (Å²) >= 11 is 3.49. The number of fused-ring (bicyclic) bond motifs is 6. The van der Waals surface area contributed by atoms with E-state index in [1.807, 2.05) is 48.5 Å². The van der Waals surface area contributed by atoms with Crippen molar-refractivity contribution in [2.45, 2.75) is 0 Å². The van der Waals surface area contributed by atoms with Crippen LogP contribution in [0.2, 0.25) is 0 Å². The lowest BCUT2D eigenvalue weighted by Crippen LogP contribution is -2.31. The highest BCUT2D eigenvalue weighted by atomic mass is 79.9. The van der Waals surface area contributed by atoms with Gasteiger partial charge in [-0.3, -0.25) is 0 Å². The monoisotopic (exact) mass is 762 g/mol. The first kappa shape index (κ1) is 34.9. The fourth-order valence-electron chi connectivity index (χ4n) is 7.04. The summed E-state index contributed by atoms with van der Waals surface area (Å²) < 4.78 is 1.12. The summed E-state index contributed by atoms with van der Waals surface area (Å²) in [6.45, 7) is 0. The Morgan fingerprint density at radius 1 is 0.352 bits per heavy atom. The smallest absolute Gasteiger partial charge is 0.423 e. The minimum Gasteiger partial charge on any atom is -0.423 e. The average Bonchev–Trinajstić information content (AvgIpc) is 3.80. The highest BCUT2D eigenvalue weighted by Crippen LogP contribution is 2.35. The number of hydrogen-bond donors (Lipinski definition) is 4. The summed E-state index contributed by atoms with van der Waals surface area (Å²) in [6, 6.07) is 66.0. The molecule has 0 fully saturated rings. The van der Waals surface area contributed by atoms with Crippen molar-refractivity contribution in [3.8, 4) is 33.4 Å². The Balaban J connectivity index is 0.000000123. The molecule has 4 N–H and O–H groups in total. The number of para-hydroxylation sites is 2. The molecule has 6 heteroatoms. The van der Waals surface area contributed by atoms with Crippen LogP contribution in [0.3, 0.4) is 0 Å². The molecule has 0 atom stereocenters. The molecule has 2 aromatic heterocycles. The highest BCUT2D eigenvalue weighted by molar-refractivity contribution is 9.10. The van der Waals surface area contributed by atoms with E-state index >= 15 is 0 Å². The van der Waals surface area contributed by atoms with Gasteiger partial charge < -0.3 is 20.0 Å². The zero-order valence-electron chi connectivity index (χ0n) is 29.3. The predicted molar refractivity (Wildman–Crippen MR) is 232 cm³/mol. The van der Waals surface area contributed by atoms with Gasteiger partial charge in [0, 0.05) is 48.1 Å². The van der Waals surface area contributed by atoms with Gasteiger partial charge in [0.2, 0.25) is 0 Å². The van der Waals surface area contributed by atoms with Crippen LogP contribution in [0.4, 0.5) is 0 Å². The van der Waals surface area contributed by atoms with Gasteiger partial charge in [0.15, 0.2) is 0 Å². The number of H-pyrrole nitrogens is 2. The maximum Gasteiger partial charge on any atom is 0.489 e. The van der Waals surface area contributed by atoms with E-state index < -0.39 is 7.12 Å². The van der Waals surface area contributed by atoms with Crippen LogP contribution >= 0.6 is 15.9 Å². The number of aromatic nitrogens is 2. The molecule has 10 aromatic rings. The maximum absolute atomic E-state index is 9.22. The van der Waals surface area contributed by atoms with Gasteiger partial charge in [-0.15, -0.1) is 0 Å². The molecule has 0 saturated heterocycles. The van der Waals surface area contributed by atoms with Crippen molar-refractivity contribution in [1.29, 1.82) is 0 Å². The van der Waals surface area contributed by atoms with E-state index in [-0.39, 0.29) is 0 Å². The first-order chi connectivity index (χ1) is 26.5. The molecule has 260 valence electrons. The second kappa shape index (κ2) is 15.8. The van der Waals surface area contributed by atoms with Crippen molar-refractivity contribution in [1.82, 2.24) is 9.97 Å². The van der Waals surface area contributed by atoms with Crippen molar-refractivity contribution in [3.05, 3.63) is 199 Å². The SMILES string of the molecule is Brc1ccc2[nH]c3ccccc3c2c1.OB(O)c1ccccc1-c1ccccc1.c1ccc(-c2ccccc2-c2ccc3[nH]c4ccccc4c3c2)cc1. The van der Waals surface area contributed by atoms with Gasteiger partial charge in [-0.05, 0) is 81.3 Å². The van der Waals surface area contributed by atoms with Gasteiger partial charge in [0.1, 0.15) is 0 Å². The Labute approximate surface area is 322 Å². The quantitative estimate of drug-likeness (QED) is 0.135. The lowest BCUT2D eigenvalue weighted by atomic mass is 9.75. The topological polar surface area (TPSA) is 72.0 Å². The van der Waals surface area contributed by atoms with Crippen molar-refractivity contribution in [2.24, 2.45) is 0 Å². The van der Waals surface area contributed by atoms with Crippen LogP contribution in [0.15, 0.2) is 199 Å². The number of halogens is 1. The molecule has 0 aliphatic carbocycles. The van der Waals surface area contributed by atoms with E-state index in [1.54, 1.807) is 12.1 Å². The van der Waals surface area contributed by atoms with E-state index in [0.717, 1.165) is 15.6 Å². The van der Waals surface area contributed by atoms with Crippen molar-refractivity contribution >= 4 is 72.1 Å². The summed E-state index contributed by atoms with van der Waals surface area (Å²) in [5, 5.41) is 23.5. The van der Waals surface area contributed by atoms with E-state index in [0.29, 0.717) is 5.46 Å². The number of benzene rings is 8. The first-order valence-corrected chi connectivity index (χ1v) is 18.6. The van der Waals surface area contributed by atoms with Crippen molar-refractivity contribution < 1.29 is 10.0 Å². The maximum atomic E-state index is 9.22. The largest absolute Gasteiger partial charge is 0.489 e. The van der Waals surface area contributed by atoms with E-state index in [4.69, 9.17) is 0 Å². The summed E-state index contributed by atoms with van der Waals surface area (Å²) in [7, 11) is -1.43. The molecular formula is C48H36BBrN2O2. The standard InChI is InChI=1S/C24H17N.C12H11BO2.C12H8BrN/c1-2-8-17(9-3-1)19-10-4-5-11-20(19)18-14-15-24-22(16-18)21-12-6-7-13-23(21)25-24;14-13(15)12-9-5-4-8-11(12)10-6-2-1-3-7-10;13-8-5-6-12-10(7-8)9-3-1-2-4-11(9)14-12/h1-16,25H;1-9,14-15H;1-7,14H. The van der Waals surface area contributed by atoms with Crippen LogP contribution in [0.5, 0.6) is 0 Å². The molecule has 0 bridgehead atoms. The van der Waals surface area contributed by atoms with Gasteiger partial charge >= 0.3 is 7.12 Å². The van der Waals surface area contributed by atoms with Crippen LogP contribution in [0, 0.1) is 0 Å². The molecule has 4 nitrogen and oxygen atoms in total. The summed E-state index contributed by atoms with van der Waals surface area (Å²) in [5.74, 6) is 0. The molecule has 10 rings (SSSR count). The van der Waals surface area contributed by atoms with Crippen LogP contribution < -0.4 is 5.46 Å². The average molecular weight is 764 g/mol. The summed E-state index contributed by atoms with van der Waals surface area (Å²) in [5.41, 5.74) is 12.2. The molecule has 0 saturated carbocycles. The third-order valence-corrected chi connectivity index (χ3v) is 10.1. The lowest BCUT2D eigenvalue weighted by molar-refractivity contribution is 0.426. The van der Waals surface area contributed by atoms with Crippen LogP contribution in [0.25, 0.3) is 77.0 Å². The molecule has 0 unspecified atom stereocenters. The second-order valence-electron chi connectivity index (χ2n) is 13.0. The molecule has 0 amide bonds. The van der Waals surface area contributed by atoms with Gasteiger partial charge in [-0.1, -0.05) is 168 Å². The van der Waals surface area contributed by atoms with Gasteiger partial charge in [-0.25, -0.2) is 0 Å². The zero-order valence-corrected chi connectivity index (χ0v) is 30.9. The Kier molecular flexibility index (Phi) is 10.2. The minimum absolute atomic E-state index is 0.531. The van der Waals surface area contributed by atoms with Crippen LogP contribution in [-0.2, 0) is 0 Å². The van der Waals surface area contributed by atoms with E-state index in [1.165, 1.54) is 65.9 Å². The molecule has 8 aromatic carbocycles. The molecule has 2 heterocycles. The zero-order chi connectivity index (χ0) is 36.9. The molecular weight excluding hydrogens is 727 g/mol. The van der Waals surface area contributed by atoms with Crippen molar-refractivity contribution in [3.63, 3.8) is 0 Å². The third-order valence-electron chi connectivity index (χ3n) is 9.62. The third kappa shape index (κ3) is 7.36. The Bertz CT molecular complexity index is 2830. The fraction of sp³-hybridized carbons (Fsp3) is 0. The summed E-state index contributed by atoms with van der Waals surface area (Å²) in [6.07, 6.45) is 0. The molecule has 0 aliphatic rings. The number of aromatic amines is 2. The Morgan fingerprint density at radius 2 is 0.778 bits per heavy atom.